The molecule has 0 saturated heterocycles. The topological polar surface area (TPSA) is 209 Å². The van der Waals surface area contributed by atoms with Crippen molar-refractivity contribution in [3.63, 3.8) is 0 Å². The standard InChI is InChI=1S/C36H36N4O9/c1-5-21(41)49-34-22-15(2)17-13-14-20(39-36(48)38-19-12-8-10-16-9-6-7-11-18(16)19)29(42)23(17)30(43)25(22)31(44)26-24(34)28(40(3)4)33(46)27(32(26)45)35(37)47/h6-15,22,24,26,28,34,42-43,46H,5H2,1-4H3,(H2,37,47)(H2,38,39,48)/t15-,22?,24?,26?,28-,34-/m0/s1. The van der Waals surface area contributed by atoms with Crippen LogP contribution >= 0.6 is 0 Å². The van der Waals surface area contributed by atoms with Gasteiger partial charge in [0.1, 0.15) is 28.9 Å². The van der Waals surface area contributed by atoms with Crippen molar-refractivity contribution < 1.29 is 44.0 Å². The van der Waals surface area contributed by atoms with Gasteiger partial charge in [-0.15, -0.1) is 0 Å². The molecule has 0 heterocycles. The van der Waals surface area contributed by atoms with Crippen LogP contribution in [0.2, 0.25) is 0 Å². The van der Waals surface area contributed by atoms with Crippen LogP contribution < -0.4 is 16.4 Å². The molecule has 3 aliphatic rings. The van der Waals surface area contributed by atoms with Gasteiger partial charge in [-0.25, -0.2) is 4.79 Å². The lowest BCUT2D eigenvalue weighted by Crippen LogP contribution is -2.62. The van der Waals surface area contributed by atoms with Crippen molar-refractivity contribution in [2.24, 2.45) is 23.5 Å². The number of primary amides is 1. The highest BCUT2D eigenvalue weighted by molar-refractivity contribution is 6.28. The van der Waals surface area contributed by atoms with Crippen LogP contribution in [-0.4, -0.2) is 75.9 Å². The lowest BCUT2D eigenvalue weighted by atomic mass is 9.56. The molecular weight excluding hydrogens is 632 g/mol. The van der Waals surface area contributed by atoms with Crippen molar-refractivity contribution in [2.45, 2.75) is 38.3 Å². The van der Waals surface area contributed by atoms with E-state index in [2.05, 4.69) is 10.6 Å². The van der Waals surface area contributed by atoms with E-state index in [1.807, 2.05) is 30.3 Å². The molecule has 1 saturated carbocycles. The van der Waals surface area contributed by atoms with Gasteiger partial charge in [0.15, 0.2) is 11.6 Å². The number of aliphatic hydroxyl groups excluding tert-OH is 2. The minimum absolute atomic E-state index is 0.0455. The smallest absolute Gasteiger partial charge is 0.323 e. The number of nitrogens with zero attached hydrogens (tertiary/aromatic N) is 1. The van der Waals surface area contributed by atoms with E-state index in [0.717, 1.165) is 10.8 Å². The first-order chi connectivity index (χ1) is 23.3. The summed E-state index contributed by atoms with van der Waals surface area (Å²) in [7, 11) is 3.14. The van der Waals surface area contributed by atoms with Crippen LogP contribution in [0.4, 0.5) is 16.2 Å². The second kappa shape index (κ2) is 12.4. The molecular formula is C36H36N4O9. The van der Waals surface area contributed by atoms with Crippen molar-refractivity contribution in [2.75, 3.05) is 24.7 Å². The number of nitrogens with two attached hydrogens (primary N) is 1. The highest BCUT2D eigenvalue weighted by Gasteiger charge is 2.62. The van der Waals surface area contributed by atoms with E-state index in [1.165, 1.54) is 11.0 Å². The SMILES string of the molecule is CCC(=O)O[C@@H]1C2C(C(=O)C(C(N)=O)=C(O)[C@H]2N(C)C)C(=O)C2=C(O)c3c(ccc(NC(=O)Nc4cccc5ccccc45)c3O)[C@H](C)C21. The van der Waals surface area contributed by atoms with Crippen LogP contribution in [0.3, 0.4) is 0 Å². The molecule has 13 heteroatoms. The van der Waals surface area contributed by atoms with Gasteiger partial charge in [-0.05, 0) is 43.1 Å². The zero-order valence-electron chi connectivity index (χ0n) is 27.2. The lowest BCUT2D eigenvalue weighted by Gasteiger charge is -2.51. The molecule has 3 aromatic carbocycles. The van der Waals surface area contributed by atoms with Crippen molar-refractivity contribution in [1.82, 2.24) is 4.90 Å². The molecule has 3 amide bonds. The molecule has 7 N–H and O–H groups in total. The summed E-state index contributed by atoms with van der Waals surface area (Å²) in [6, 6.07) is 14.1. The molecule has 0 radical (unpaired) electrons. The number of ether oxygens (including phenoxy) is 1. The minimum atomic E-state index is -1.66. The predicted molar refractivity (Wildman–Crippen MR) is 180 cm³/mol. The van der Waals surface area contributed by atoms with E-state index in [9.17, 15) is 39.3 Å². The largest absolute Gasteiger partial charge is 0.510 e. The van der Waals surface area contributed by atoms with Crippen LogP contribution in [-0.2, 0) is 23.9 Å². The van der Waals surface area contributed by atoms with Crippen LogP contribution in [0.25, 0.3) is 16.5 Å². The molecule has 1 fully saturated rings. The molecule has 0 aromatic heterocycles. The molecule has 0 spiro atoms. The predicted octanol–water partition coefficient (Wildman–Crippen LogP) is 4.14. The number of fused-ring (bicyclic) bond motifs is 4. The number of benzene rings is 3. The molecule has 0 aliphatic heterocycles. The number of phenols is 1. The summed E-state index contributed by atoms with van der Waals surface area (Å²) in [4.78, 5) is 68.0. The summed E-state index contributed by atoms with van der Waals surface area (Å²) in [6.45, 7) is 3.29. The van der Waals surface area contributed by atoms with Crippen molar-refractivity contribution in [1.29, 1.82) is 0 Å². The second-order valence-corrected chi connectivity index (χ2v) is 12.7. The van der Waals surface area contributed by atoms with E-state index < -0.39 is 88.1 Å². The van der Waals surface area contributed by atoms with E-state index in [-0.39, 0.29) is 23.2 Å². The summed E-state index contributed by atoms with van der Waals surface area (Å²) in [6.07, 6.45) is -1.27. The number of carbonyl (C=O) groups is 5. The van der Waals surface area contributed by atoms with Gasteiger partial charge < -0.3 is 36.4 Å². The Hall–Kier alpha value is -5.69. The average molecular weight is 669 g/mol. The molecule has 49 heavy (non-hydrogen) atoms. The molecule has 13 nitrogen and oxygen atoms in total. The first-order valence-corrected chi connectivity index (χ1v) is 15.8. The number of hydrogen-bond donors (Lipinski definition) is 6. The number of hydrogen-bond acceptors (Lipinski definition) is 10. The van der Waals surface area contributed by atoms with Gasteiger partial charge in [-0.2, -0.15) is 0 Å². The number of likely N-dealkylation sites (N-methyl/N-ethyl adjacent to an activating group) is 1. The quantitative estimate of drug-likeness (QED) is 0.0957. The lowest BCUT2D eigenvalue weighted by molar-refractivity contribution is -0.166. The normalized spacial score (nSPS) is 24.7. The highest BCUT2D eigenvalue weighted by Crippen LogP contribution is 2.56. The fourth-order valence-electron chi connectivity index (χ4n) is 7.67. The summed E-state index contributed by atoms with van der Waals surface area (Å²) in [5.74, 6) is -10.1. The Morgan fingerprint density at radius 1 is 0.918 bits per heavy atom. The van der Waals surface area contributed by atoms with Crippen LogP contribution in [0.1, 0.15) is 37.3 Å². The summed E-state index contributed by atoms with van der Waals surface area (Å²) >= 11 is 0. The number of ketones is 2. The number of Topliss-reactive ketones (excluding diaryl/α,β-unsaturated/α-hetero) is 2. The number of nitrogens with one attached hydrogen (secondary N) is 2. The Bertz CT molecular complexity index is 2010. The number of esters is 1. The maximum atomic E-state index is 14.4. The van der Waals surface area contributed by atoms with Gasteiger partial charge in [0, 0.05) is 29.2 Å². The Morgan fingerprint density at radius 3 is 2.27 bits per heavy atom. The maximum Gasteiger partial charge on any atom is 0.323 e. The molecule has 3 unspecified atom stereocenters. The van der Waals surface area contributed by atoms with Crippen LogP contribution in [0, 0.1) is 17.8 Å². The van der Waals surface area contributed by atoms with Crippen LogP contribution in [0.15, 0.2) is 71.5 Å². The molecule has 0 bridgehead atoms. The first-order valence-electron chi connectivity index (χ1n) is 15.8. The third-order valence-corrected chi connectivity index (χ3v) is 9.81. The number of urea groups is 1. The Balaban J connectivity index is 1.44. The fraction of sp³-hybridized carbons (Fsp3) is 0.306. The third kappa shape index (κ3) is 5.26. The van der Waals surface area contributed by atoms with Crippen molar-refractivity contribution >= 4 is 57.4 Å². The number of carbonyl (C=O) groups excluding carboxylic acids is 5. The zero-order chi connectivity index (χ0) is 35.5. The molecule has 3 aliphatic carbocycles. The number of rotatable bonds is 6. The maximum absolute atomic E-state index is 14.4. The zero-order valence-corrected chi connectivity index (χ0v) is 27.2. The van der Waals surface area contributed by atoms with E-state index in [0.29, 0.717) is 11.3 Å². The summed E-state index contributed by atoms with van der Waals surface area (Å²) in [5, 5.41) is 41.5. The fourth-order valence-corrected chi connectivity index (χ4v) is 7.67. The molecule has 254 valence electrons. The number of amides is 3. The van der Waals surface area contributed by atoms with E-state index >= 15 is 0 Å². The van der Waals surface area contributed by atoms with Gasteiger partial charge in [0.05, 0.1) is 28.9 Å². The van der Waals surface area contributed by atoms with Gasteiger partial charge in [0.25, 0.3) is 5.91 Å². The molecule has 3 aromatic rings. The number of anilines is 2. The number of phenolic OH excluding ortho intramolecular Hbond substituents is 1. The van der Waals surface area contributed by atoms with Gasteiger partial charge in [-0.1, -0.05) is 56.3 Å². The average Bonchev–Trinajstić information content (AvgIpc) is 3.05. The number of aliphatic hydroxyl groups is 2. The summed E-state index contributed by atoms with van der Waals surface area (Å²) in [5.41, 5.74) is 5.14. The van der Waals surface area contributed by atoms with E-state index in [1.54, 1.807) is 46.1 Å². The monoisotopic (exact) mass is 668 g/mol. The van der Waals surface area contributed by atoms with Gasteiger partial charge in [-0.3, -0.25) is 24.1 Å². The molecule has 6 atom stereocenters. The van der Waals surface area contributed by atoms with Crippen LogP contribution in [0.5, 0.6) is 5.75 Å². The summed E-state index contributed by atoms with van der Waals surface area (Å²) < 4.78 is 5.94. The van der Waals surface area contributed by atoms with Gasteiger partial charge in [0.2, 0.25) is 0 Å². The van der Waals surface area contributed by atoms with Crippen molar-refractivity contribution in [3.05, 3.63) is 82.6 Å². The number of aromatic hydroxyl groups is 1. The second-order valence-electron chi connectivity index (χ2n) is 12.7. The van der Waals surface area contributed by atoms with Crippen molar-refractivity contribution in [3.8, 4) is 5.75 Å². The Kier molecular flexibility index (Phi) is 8.41. The highest BCUT2D eigenvalue weighted by atomic mass is 16.5. The van der Waals surface area contributed by atoms with E-state index in [4.69, 9.17) is 10.5 Å². The Morgan fingerprint density at radius 2 is 1.59 bits per heavy atom. The van der Waals surface area contributed by atoms with Gasteiger partial charge >= 0.3 is 12.0 Å². The first kappa shape index (κ1) is 33.2. The molecule has 6 rings (SSSR count). The minimum Gasteiger partial charge on any atom is -0.510 e. The third-order valence-electron chi connectivity index (χ3n) is 9.81. The Labute approximate surface area is 281 Å².